The maximum atomic E-state index is 12.2. The Kier molecular flexibility index (Phi) is 3.88. The molecule has 2 heterocycles. The Hall–Kier alpha value is -2.33. The highest BCUT2D eigenvalue weighted by Gasteiger charge is 2.19. The van der Waals surface area contributed by atoms with Gasteiger partial charge in [-0.05, 0) is 30.7 Å². The normalized spacial score (nSPS) is 10.5. The number of benzene rings is 1. The van der Waals surface area contributed by atoms with E-state index in [9.17, 15) is 4.79 Å². The zero-order valence-electron chi connectivity index (χ0n) is 11.7. The van der Waals surface area contributed by atoms with Gasteiger partial charge in [0.2, 0.25) is 0 Å². The van der Waals surface area contributed by atoms with Crippen LogP contribution in [0.25, 0.3) is 16.1 Å². The highest BCUT2D eigenvalue weighted by Crippen LogP contribution is 2.34. The predicted molar refractivity (Wildman–Crippen MR) is 85.0 cm³/mol. The van der Waals surface area contributed by atoms with Crippen molar-refractivity contribution in [3.8, 4) is 16.1 Å². The van der Waals surface area contributed by atoms with Gasteiger partial charge in [-0.15, -0.1) is 11.3 Å². The number of hydrogen-bond donors (Lipinski definition) is 0. The predicted octanol–water partition coefficient (Wildman–Crippen LogP) is 4.38. The summed E-state index contributed by atoms with van der Waals surface area (Å²) in [4.78, 5) is 13.9. The molecule has 4 heteroatoms. The minimum Gasteiger partial charge on any atom is -0.462 e. The zero-order valence-corrected chi connectivity index (χ0v) is 12.5. The molecule has 21 heavy (non-hydrogen) atoms. The summed E-state index contributed by atoms with van der Waals surface area (Å²) in [7, 11) is 0. The largest absolute Gasteiger partial charge is 0.462 e. The number of aromatic nitrogens is 1. The van der Waals surface area contributed by atoms with Crippen LogP contribution in [-0.4, -0.2) is 17.1 Å². The van der Waals surface area contributed by atoms with Crippen LogP contribution in [0.1, 0.15) is 16.6 Å². The first-order valence-electron chi connectivity index (χ1n) is 6.79. The summed E-state index contributed by atoms with van der Waals surface area (Å²) in [5.41, 5.74) is 1.97. The van der Waals surface area contributed by atoms with Crippen molar-refractivity contribution in [3.05, 3.63) is 65.8 Å². The summed E-state index contributed by atoms with van der Waals surface area (Å²) in [6, 6.07) is 16.0. The molecule has 0 saturated carbocycles. The van der Waals surface area contributed by atoms with Gasteiger partial charge in [0, 0.05) is 17.3 Å². The third-order valence-corrected chi connectivity index (χ3v) is 4.27. The van der Waals surface area contributed by atoms with Gasteiger partial charge in [0.05, 0.1) is 12.3 Å². The molecule has 0 amide bonds. The van der Waals surface area contributed by atoms with E-state index in [4.69, 9.17) is 4.74 Å². The van der Waals surface area contributed by atoms with E-state index < -0.39 is 0 Å². The Balaban J connectivity index is 2.09. The number of esters is 1. The van der Waals surface area contributed by atoms with Crippen LogP contribution < -0.4 is 0 Å². The second-order valence-corrected chi connectivity index (χ2v) is 5.55. The summed E-state index contributed by atoms with van der Waals surface area (Å²) in [6.07, 6.45) is 3.86. The van der Waals surface area contributed by atoms with Crippen LogP contribution in [0.3, 0.4) is 0 Å². The average molecular weight is 297 g/mol. The van der Waals surface area contributed by atoms with Crippen molar-refractivity contribution in [2.75, 3.05) is 6.61 Å². The Morgan fingerprint density at radius 2 is 1.86 bits per heavy atom. The van der Waals surface area contributed by atoms with Crippen LogP contribution in [-0.2, 0) is 4.74 Å². The van der Waals surface area contributed by atoms with Crippen molar-refractivity contribution in [2.24, 2.45) is 0 Å². The molecule has 1 aromatic carbocycles. The quantitative estimate of drug-likeness (QED) is 0.669. The van der Waals surface area contributed by atoms with Crippen LogP contribution in [0.5, 0.6) is 0 Å². The summed E-state index contributed by atoms with van der Waals surface area (Å²) in [6.45, 7) is 2.20. The molecule has 0 aliphatic carbocycles. The molecule has 106 valence electrons. The van der Waals surface area contributed by atoms with Gasteiger partial charge in [-0.3, -0.25) is 0 Å². The summed E-state index contributed by atoms with van der Waals surface area (Å²) < 4.78 is 7.11. The molecule has 0 spiro atoms. The molecule has 3 nitrogen and oxygen atoms in total. The number of hydrogen-bond acceptors (Lipinski definition) is 3. The molecule has 0 aliphatic rings. The van der Waals surface area contributed by atoms with Crippen LogP contribution >= 0.6 is 11.3 Å². The van der Waals surface area contributed by atoms with Crippen LogP contribution in [0.2, 0.25) is 0 Å². The molecule has 0 bridgehead atoms. The van der Waals surface area contributed by atoms with Crippen molar-refractivity contribution < 1.29 is 9.53 Å². The lowest BCUT2D eigenvalue weighted by Gasteiger charge is -2.04. The Morgan fingerprint density at radius 3 is 2.52 bits per heavy atom. The average Bonchev–Trinajstić information content (AvgIpc) is 3.17. The van der Waals surface area contributed by atoms with Gasteiger partial charge in [0.15, 0.2) is 0 Å². The zero-order chi connectivity index (χ0) is 14.7. The van der Waals surface area contributed by atoms with E-state index in [1.807, 2.05) is 72.4 Å². The third kappa shape index (κ3) is 2.76. The molecular formula is C17H15NO2S. The minimum absolute atomic E-state index is 0.270. The van der Waals surface area contributed by atoms with E-state index >= 15 is 0 Å². The summed E-state index contributed by atoms with van der Waals surface area (Å²) in [5, 5.41) is 0. The molecule has 0 fully saturated rings. The molecule has 2 aromatic heterocycles. The maximum Gasteiger partial charge on any atom is 0.350 e. The molecule has 0 saturated heterocycles. The smallest absolute Gasteiger partial charge is 0.350 e. The van der Waals surface area contributed by atoms with Crippen molar-refractivity contribution >= 4 is 17.3 Å². The van der Waals surface area contributed by atoms with E-state index in [1.165, 1.54) is 11.3 Å². The fourth-order valence-corrected chi connectivity index (χ4v) is 3.21. The van der Waals surface area contributed by atoms with Gasteiger partial charge in [-0.25, -0.2) is 4.79 Å². The second-order valence-electron chi connectivity index (χ2n) is 4.50. The molecule has 0 unspecified atom stereocenters. The van der Waals surface area contributed by atoms with Gasteiger partial charge in [0.25, 0.3) is 0 Å². The topological polar surface area (TPSA) is 31.2 Å². The number of thiophene rings is 1. The van der Waals surface area contributed by atoms with Gasteiger partial charge in [0.1, 0.15) is 4.88 Å². The van der Waals surface area contributed by atoms with Gasteiger partial charge >= 0.3 is 5.97 Å². The molecule has 0 atom stereocenters. The van der Waals surface area contributed by atoms with Crippen molar-refractivity contribution in [1.29, 1.82) is 0 Å². The Bertz CT molecular complexity index is 730. The maximum absolute atomic E-state index is 12.2. The number of ether oxygens (including phenoxy) is 1. The Labute approximate surface area is 127 Å². The lowest BCUT2D eigenvalue weighted by Crippen LogP contribution is -2.05. The fraction of sp³-hybridized carbons (Fsp3) is 0.118. The van der Waals surface area contributed by atoms with Crippen molar-refractivity contribution in [3.63, 3.8) is 0 Å². The number of rotatable bonds is 4. The highest BCUT2D eigenvalue weighted by molar-refractivity contribution is 7.17. The van der Waals surface area contributed by atoms with Crippen LogP contribution in [0.4, 0.5) is 0 Å². The van der Waals surface area contributed by atoms with Crippen LogP contribution in [0, 0.1) is 0 Å². The number of carbonyl (C=O) groups is 1. The van der Waals surface area contributed by atoms with E-state index in [-0.39, 0.29) is 5.97 Å². The van der Waals surface area contributed by atoms with Gasteiger partial charge in [-0.2, -0.15) is 0 Å². The van der Waals surface area contributed by atoms with E-state index in [0.717, 1.165) is 16.1 Å². The lowest BCUT2D eigenvalue weighted by molar-refractivity contribution is 0.0532. The summed E-state index contributed by atoms with van der Waals surface area (Å²) >= 11 is 1.46. The summed E-state index contributed by atoms with van der Waals surface area (Å²) in [5.74, 6) is -0.270. The second kappa shape index (κ2) is 5.97. The first-order valence-corrected chi connectivity index (χ1v) is 7.61. The van der Waals surface area contributed by atoms with Crippen LogP contribution in [0.15, 0.2) is 60.9 Å². The standard InChI is InChI=1S/C17H15NO2S/c1-2-20-17(19)16-14(18-10-6-7-11-18)12-15(21-16)13-8-4-3-5-9-13/h3-12H,2H2,1H3. The van der Waals surface area contributed by atoms with Gasteiger partial charge < -0.3 is 9.30 Å². The monoisotopic (exact) mass is 297 g/mol. The fourth-order valence-electron chi connectivity index (χ4n) is 2.16. The molecule has 3 aromatic rings. The van der Waals surface area contributed by atoms with Crippen molar-refractivity contribution in [2.45, 2.75) is 6.92 Å². The molecule has 0 radical (unpaired) electrons. The lowest BCUT2D eigenvalue weighted by atomic mass is 10.2. The van der Waals surface area contributed by atoms with E-state index in [2.05, 4.69) is 0 Å². The minimum atomic E-state index is -0.270. The molecular weight excluding hydrogens is 282 g/mol. The Morgan fingerprint density at radius 1 is 1.14 bits per heavy atom. The van der Waals surface area contributed by atoms with E-state index in [0.29, 0.717) is 11.5 Å². The number of carbonyl (C=O) groups excluding carboxylic acids is 1. The highest BCUT2D eigenvalue weighted by atomic mass is 32.1. The SMILES string of the molecule is CCOC(=O)c1sc(-c2ccccc2)cc1-n1cccc1. The molecule has 3 rings (SSSR count). The first-order chi connectivity index (χ1) is 10.3. The molecule has 0 aliphatic heterocycles. The van der Waals surface area contributed by atoms with E-state index in [1.54, 1.807) is 0 Å². The molecule has 0 N–H and O–H groups in total. The third-order valence-electron chi connectivity index (χ3n) is 3.11. The first kappa shape index (κ1) is 13.6. The van der Waals surface area contributed by atoms with Gasteiger partial charge in [-0.1, -0.05) is 30.3 Å². The van der Waals surface area contributed by atoms with Crippen molar-refractivity contribution in [1.82, 2.24) is 4.57 Å². The number of nitrogens with zero attached hydrogens (tertiary/aromatic N) is 1.